The summed E-state index contributed by atoms with van der Waals surface area (Å²) in [6.45, 7) is 11.8. The molecule has 0 bridgehead atoms. The Bertz CT molecular complexity index is 682. The smallest absolute Gasteiger partial charge is 0.128 e. The van der Waals surface area contributed by atoms with Crippen molar-refractivity contribution in [2.45, 2.75) is 46.3 Å². The second kappa shape index (κ2) is 10.4. The minimum atomic E-state index is 0. The van der Waals surface area contributed by atoms with Gasteiger partial charge in [-0.2, -0.15) is 0 Å². The fourth-order valence-corrected chi connectivity index (χ4v) is 4.16. The van der Waals surface area contributed by atoms with Crippen LogP contribution in [0.2, 0.25) is 0 Å². The second-order valence-electron chi connectivity index (χ2n) is 7.62. The molecule has 3 rings (SSSR count). The molecule has 1 aliphatic rings. The molecule has 0 aliphatic carbocycles. The van der Waals surface area contributed by atoms with Gasteiger partial charge in [-0.25, -0.2) is 9.97 Å². The Morgan fingerprint density at radius 1 is 1.26 bits per heavy atom. The van der Waals surface area contributed by atoms with Crippen LogP contribution in [0.3, 0.4) is 0 Å². The Hall–Kier alpha value is -1.21. The van der Waals surface area contributed by atoms with Crippen molar-refractivity contribution in [2.75, 3.05) is 31.6 Å². The van der Waals surface area contributed by atoms with Crippen molar-refractivity contribution in [3.05, 3.63) is 40.0 Å². The molecule has 27 heavy (non-hydrogen) atoms. The first-order valence-electron chi connectivity index (χ1n) is 9.52. The van der Waals surface area contributed by atoms with Gasteiger partial charge < -0.3 is 10.2 Å². The van der Waals surface area contributed by atoms with Gasteiger partial charge in [0.25, 0.3) is 0 Å². The van der Waals surface area contributed by atoms with E-state index in [0.717, 1.165) is 50.2 Å². The minimum absolute atomic E-state index is 0. The van der Waals surface area contributed by atoms with Gasteiger partial charge in [0, 0.05) is 43.8 Å². The van der Waals surface area contributed by atoms with E-state index in [-0.39, 0.29) is 12.4 Å². The molecule has 1 aliphatic heterocycles. The van der Waals surface area contributed by atoms with Crippen molar-refractivity contribution < 1.29 is 0 Å². The van der Waals surface area contributed by atoms with Crippen LogP contribution < -0.4 is 10.2 Å². The highest BCUT2D eigenvalue weighted by Gasteiger charge is 2.20. The van der Waals surface area contributed by atoms with Crippen LogP contribution in [0.15, 0.2) is 23.8 Å². The maximum Gasteiger partial charge on any atom is 0.128 e. The molecule has 1 fully saturated rings. The SMILES string of the molecule is Cc1ncsc1CN(Cc1ccc(N(C)C(C)C)nc1)CC1CCNC1.Cl. The average Bonchev–Trinajstić information content (AvgIpc) is 3.27. The first kappa shape index (κ1) is 22.1. The van der Waals surface area contributed by atoms with Crippen LogP contribution in [0.25, 0.3) is 0 Å². The molecule has 1 unspecified atom stereocenters. The third kappa shape index (κ3) is 6.14. The number of aromatic nitrogens is 2. The molecule has 150 valence electrons. The summed E-state index contributed by atoms with van der Waals surface area (Å²) in [6.07, 6.45) is 3.31. The number of thiazole rings is 1. The van der Waals surface area contributed by atoms with E-state index in [1.54, 1.807) is 11.3 Å². The molecule has 0 aromatic carbocycles. The van der Waals surface area contributed by atoms with Crippen molar-refractivity contribution in [1.29, 1.82) is 0 Å². The summed E-state index contributed by atoms with van der Waals surface area (Å²) < 4.78 is 0. The molecule has 1 N–H and O–H groups in total. The van der Waals surface area contributed by atoms with Gasteiger partial charge in [0.15, 0.2) is 0 Å². The zero-order valence-corrected chi connectivity index (χ0v) is 18.4. The fraction of sp³-hybridized carbons (Fsp3) is 0.600. The zero-order chi connectivity index (χ0) is 18.5. The van der Waals surface area contributed by atoms with Crippen molar-refractivity contribution in [3.8, 4) is 0 Å². The number of aryl methyl sites for hydroxylation is 1. The third-order valence-corrected chi connectivity index (χ3v) is 6.16. The average molecular weight is 410 g/mol. The van der Waals surface area contributed by atoms with Gasteiger partial charge in [-0.15, -0.1) is 23.7 Å². The van der Waals surface area contributed by atoms with Crippen LogP contribution in [0.5, 0.6) is 0 Å². The normalized spacial score (nSPS) is 16.7. The monoisotopic (exact) mass is 409 g/mol. The number of nitrogens with one attached hydrogen (secondary N) is 1. The third-order valence-electron chi connectivity index (χ3n) is 5.24. The highest BCUT2D eigenvalue weighted by molar-refractivity contribution is 7.09. The van der Waals surface area contributed by atoms with E-state index in [9.17, 15) is 0 Å². The maximum absolute atomic E-state index is 4.68. The van der Waals surface area contributed by atoms with E-state index >= 15 is 0 Å². The number of pyridine rings is 1. The summed E-state index contributed by atoms with van der Waals surface area (Å²) >= 11 is 1.77. The molecule has 2 aromatic rings. The van der Waals surface area contributed by atoms with Gasteiger partial charge in [-0.1, -0.05) is 6.07 Å². The number of nitrogens with zero attached hydrogens (tertiary/aromatic N) is 4. The van der Waals surface area contributed by atoms with Gasteiger partial charge in [-0.05, 0) is 57.8 Å². The molecule has 0 amide bonds. The number of anilines is 1. The number of rotatable bonds is 8. The molecule has 0 spiro atoms. The van der Waals surface area contributed by atoms with Gasteiger partial charge in [0.2, 0.25) is 0 Å². The summed E-state index contributed by atoms with van der Waals surface area (Å²) in [6, 6.07) is 4.82. The Morgan fingerprint density at radius 2 is 2.07 bits per heavy atom. The molecule has 2 aromatic heterocycles. The van der Waals surface area contributed by atoms with Crippen molar-refractivity contribution in [1.82, 2.24) is 20.2 Å². The van der Waals surface area contributed by atoms with Gasteiger partial charge in [-0.3, -0.25) is 4.90 Å². The Kier molecular flexibility index (Phi) is 8.48. The first-order chi connectivity index (χ1) is 12.5. The molecule has 7 heteroatoms. The summed E-state index contributed by atoms with van der Waals surface area (Å²) in [5.74, 6) is 1.77. The summed E-state index contributed by atoms with van der Waals surface area (Å²) in [4.78, 5) is 15.2. The van der Waals surface area contributed by atoms with Crippen molar-refractivity contribution in [2.24, 2.45) is 5.92 Å². The Labute approximate surface area is 173 Å². The number of hydrogen-bond donors (Lipinski definition) is 1. The van der Waals surface area contributed by atoms with Crippen LogP contribution in [0.4, 0.5) is 5.82 Å². The van der Waals surface area contributed by atoms with E-state index in [1.165, 1.54) is 16.9 Å². The highest BCUT2D eigenvalue weighted by atomic mass is 35.5. The lowest BCUT2D eigenvalue weighted by atomic mass is 10.1. The van der Waals surface area contributed by atoms with Crippen LogP contribution in [0, 0.1) is 12.8 Å². The topological polar surface area (TPSA) is 44.3 Å². The first-order valence-corrected chi connectivity index (χ1v) is 10.4. The maximum atomic E-state index is 4.68. The lowest BCUT2D eigenvalue weighted by Crippen LogP contribution is -2.30. The quantitative estimate of drug-likeness (QED) is 0.719. The molecule has 1 saturated heterocycles. The van der Waals surface area contributed by atoms with E-state index in [2.05, 4.69) is 65.0 Å². The summed E-state index contributed by atoms with van der Waals surface area (Å²) in [5, 5.41) is 3.49. The van der Waals surface area contributed by atoms with Crippen LogP contribution in [0.1, 0.15) is 36.4 Å². The summed E-state index contributed by atoms with van der Waals surface area (Å²) in [5.41, 5.74) is 4.40. The number of hydrogen-bond acceptors (Lipinski definition) is 6. The predicted molar refractivity (Wildman–Crippen MR) is 117 cm³/mol. The largest absolute Gasteiger partial charge is 0.357 e. The van der Waals surface area contributed by atoms with Crippen LogP contribution in [-0.4, -0.2) is 47.6 Å². The minimum Gasteiger partial charge on any atom is -0.357 e. The van der Waals surface area contributed by atoms with E-state index in [4.69, 9.17) is 0 Å². The van der Waals surface area contributed by atoms with Gasteiger partial charge >= 0.3 is 0 Å². The Morgan fingerprint density at radius 3 is 2.63 bits per heavy atom. The van der Waals surface area contributed by atoms with Crippen molar-refractivity contribution in [3.63, 3.8) is 0 Å². The second-order valence-corrected chi connectivity index (χ2v) is 8.56. The van der Waals surface area contributed by atoms with E-state index < -0.39 is 0 Å². The van der Waals surface area contributed by atoms with Crippen LogP contribution in [-0.2, 0) is 13.1 Å². The molecule has 0 saturated carbocycles. The molecule has 5 nitrogen and oxygen atoms in total. The highest BCUT2D eigenvalue weighted by Crippen LogP contribution is 2.20. The summed E-state index contributed by atoms with van der Waals surface area (Å²) in [7, 11) is 2.10. The number of halogens is 1. The van der Waals surface area contributed by atoms with E-state index in [0.29, 0.717) is 6.04 Å². The Balaban J connectivity index is 0.00000261. The van der Waals surface area contributed by atoms with E-state index in [1.807, 2.05) is 11.7 Å². The zero-order valence-electron chi connectivity index (χ0n) is 16.8. The standard InChI is InChI=1S/C20H31N5S.ClH/c1-15(2)24(4)20-6-5-17(10-22-20)11-25(12-18-7-8-21-9-18)13-19-16(3)23-14-26-19;/h5-6,10,14-15,18,21H,7-9,11-13H2,1-4H3;1H. The van der Waals surface area contributed by atoms with Crippen molar-refractivity contribution >= 4 is 29.6 Å². The lowest BCUT2D eigenvalue weighted by molar-refractivity contribution is 0.222. The fourth-order valence-electron chi connectivity index (χ4n) is 3.34. The molecule has 0 radical (unpaired) electrons. The molecule has 1 atom stereocenters. The van der Waals surface area contributed by atoms with Crippen LogP contribution >= 0.6 is 23.7 Å². The lowest BCUT2D eigenvalue weighted by Gasteiger charge is -2.26. The molecule has 3 heterocycles. The van der Waals surface area contributed by atoms with Gasteiger partial charge in [0.05, 0.1) is 11.2 Å². The van der Waals surface area contributed by atoms with Gasteiger partial charge in [0.1, 0.15) is 5.82 Å². The molecular formula is C20H32ClN5S. The molecular weight excluding hydrogens is 378 g/mol. The predicted octanol–water partition coefficient (Wildman–Crippen LogP) is 3.72.